The minimum absolute atomic E-state index is 0.203. The first-order chi connectivity index (χ1) is 5.65. The van der Waals surface area contributed by atoms with E-state index < -0.39 is 0 Å². The molecule has 1 aromatic rings. The van der Waals surface area contributed by atoms with Gasteiger partial charge in [-0.3, -0.25) is 0 Å². The second-order valence-electron chi connectivity index (χ2n) is 2.18. The molecule has 0 aliphatic rings. The van der Waals surface area contributed by atoms with Crippen LogP contribution in [0.2, 0.25) is 15.1 Å². The van der Waals surface area contributed by atoms with Gasteiger partial charge in [-0.1, -0.05) is 34.8 Å². The van der Waals surface area contributed by atoms with Gasteiger partial charge in [-0.15, -0.1) is 0 Å². The number of benzene rings is 1. The van der Waals surface area contributed by atoms with Crippen LogP contribution >= 0.6 is 34.8 Å². The van der Waals surface area contributed by atoms with Gasteiger partial charge in [0.1, 0.15) is 0 Å². The van der Waals surface area contributed by atoms with Crippen LogP contribution in [0.3, 0.4) is 0 Å². The summed E-state index contributed by atoms with van der Waals surface area (Å²) in [5.74, 6) is 0. The predicted octanol–water partition coefficient (Wildman–Crippen LogP) is 3.13. The summed E-state index contributed by atoms with van der Waals surface area (Å²) in [6.45, 7) is 0.203. The van der Waals surface area contributed by atoms with Crippen molar-refractivity contribution in [2.45, 2.75) is 6.54 Å². The maximum atomic E-state index is 8.44. The van der Waals surface area contributed by atoms with Gasteiger partial charge in [0.15, 0.2) is 0 Å². The van der Waals surface area contributed by atoms with Crippen LogP contribution in [0.4, 0.5) is 0 Å². The quantitative estimate of drug-likeness (QED) is 0.760. The van der Waals surface area contributed by atoms with E-state index in [0.29, 0.717) is 20.6 Å². The van der Waals surface area contributed by atoms with Gasteiger partial charge in [0.2, 0.25) is 0 Å². The van der Waals surface area contributed by atoms with Crippen molar-refractivity contribution in [3.63, 3.8) is 0 Å². The monoisotopic (exact) mass is 225 g/mol. The first-order valence-electron chi connectivity index (χ1n) is 3.15. The topological polar surface area (TPSA) is 32.3 Å². The average molecular weight is 226 g/mol. The van der Waals surface area contributed by atoms with Gasteiger partial charge < -0.3 is 5.21 Å². The van der Waals surface area contributed by atoms with Crippen LogP contribution in [0.15, 0.2) is 12.1 Å². The zero-order valence-corrected chi connectivity index (χ0v) is 8.21. The number of hydrogen-bond donors (Lipinski definition) is 2. The van der Waals surface area contributed by atoms with E-state index in [1.165, 1.54) is 0 Å². The molecular weight excluding hydrogens is 220 g/mol. The van der Waals surface area contributed by atoms with E-state index in [-0.39, 0.29) is 6.54 Å². The lowest BCUT2D eigenvalue weighted by atomic mass is 10.2. The number of hydrogen-bond acceptors (Lipinski definition) is 2. The van der Waals surface area contributed by atoms with Crippen molar-refractivity contribution in [3.05, 3.63) is 32.8 Å². The maximum Gasteiger partial charge on any atom is 0.0487 e. The molecule has 0 heterocycles. The fraction of sp³-hybridized carbons (Fsp3) is 0.143. The molecule has 0 unspecified atom stereocenters. The molecule has 2 N–H and O–H groups in total. The SMILES string of the molecule is ONCc1c(Cl)cc(Cl)cc1Cl. The highest BCUT2D eigenvalue weighted by atomic mass is 35.5. The van der Waals surface area contributed by atoms with Crippen molar-refractivity contribution in [1.82, 2.24) is 5.48 Å². The second kappa shape index (κ2) is 4.30. The molecule has 0 saturated heterocycles. The highest BCUT2D eigenvalue weighted by Crippen LogP contribution is 2.28. The predicted molar refractivity (Wildman–Crippen MR) is 50.1 cm³/mol. The van der Waals surface area contributed by atoms with E-state index in [0.717, 1.165) is 0 Å². The zero-order valence-electron chi connectivity index (χ0n) is 5.94. The number of halogens is 3. The Bertz CT molecular complexity index is 267. The Morgan fingerprint density at radius 1 is 1.17 bits per heavy atom. The van der Waals surface area contributed by atoms with Gasteiger partial charge >= 0.3 is 0 Å². The van der Waals surface area contributed by atoms with Crippen LogP contribution in [0.1, 0.15) is 5.56 Å². The van der Waals surface area contributed by atoms with Crippen molar-refractivity contribution in [2.75, 3.05) is 0 Å². The summed E-state index contributed by atoms with van der Waals surface area (Å²) in [5, 5.41) is 9.79. The Morgan fingerprint density at radius 3 is 2.08 bits per heavy atom. The van der Waals surface area contributed by atoms with Gasteiger partial charge in [0.05, 0.1) is 0 Å². The van der Waals surface area contributed by atoms with E-state index in [2.05, 4.69) is 0 Å². The highest BCUT2D eigenvalue weighted by Gasteiger charge is 2.06. The lowest BCUT2D eigenvalue weighted by Gasteiger charge is -2.05. The normalized spacial score (nSPS) is 10.3. The van der Waals surface area contributed by atoms with Crippen molar-refractivity contribution < 1.29 is 5.21 Å². The third kappa shape index (κ3) is 2.25. The Hall–Kier alpha value is 0.01000. The molecule has 0 aromatic heterocycles. The fourth-order valence-corrected chi connectivity index (χ4v) is 1.77. The van der Waals surface area contributed by atoms with Gasteiger partial charge in [-0.05, 0) is 12.1 Å². The van der Waals surface area contributed by atoms with Crippen LogP contribution in [0.25, 0.3) is 0 Å². The fourth-order valence-electron chi connectivity index (χ4n) is 0.820. The Labute approximate surface area is 85.0 Å². The van der Waals surface area contributed by atoms with Crippen LogP contribution in [0, 0.1) is 0 Å². The third-order valence-electron chi connectivity index (χ3n) is 1.36. The second-order valence-corrected chi connectivity index (χ2v) is 3.43. The average Bonchev–Trinajstić information content (AvgIpc) is 1.96. The van der Waals surface area contributed by atoms with Gasteiger partial charge in [0, 0.05) is 27.2 Å². The molecule has 0 spiro atoms. The van der Waals surface area contributed by atoms with Crippen LogP contribution in [-0.2, 0) is 6.54 Å². The molecule has 2 nitrogen and oxygen atoms in total. The van der Waals surface area contributed by atoms with Crippen molar-refractivity contribution in [1.29, 1.82) is 0 Å². The minimum Gasteiger partial charge on any atom is -0.316 e. The molecule has 0 bridgehead atoms. The molecule has 66 valence electrons. The summed E-state index contributed by atoms with van der Waals surface area (Å²) >= 11 is 17.3. The van der Waals surface area contributed by atoms with E-state index in [1.807, 2.05) is 5.48 Å². The molecule has 0 amide bonds. The van der Waals surface area contributed by atoms with Crippen LogP contribution in [0.5, 0.6) is 0 Å². The molecule has 1 aromatic carbocycles. The van der Waals surface area contributed by atoms with Crippen LogP contribution < -0.4 is 5.48 Å². The molecule has 0 aliphatic heterocycles. The Morgan fingerprint density at radius 2 is 1.67 bits per heavy atom. The summed E-state index contributed by atoms with van der Waals surface area (Å²) in [6, 6.07) is 3.14. The zero-order chi connectivity index (χ0) is 9.14. The summed E-state index contributed by atoms with van der Waals surface area (Å²) in [6.07, 6.45) is 0. The van der Waals surface area contributed by atoms with Crippen LogP contribution in [-0.4, -0.2) is 5.21 Å². The summed E-state index contributed by atoms with van der Waals surface area (Å²) in [7, 11) is 0. The standard InChI is InChI=1S/C7H6Cl3NO/c8-4-1-6(9)5(3-11-12)7(10)2-4/h1-2,11-12H,3H2. The molecule has 0 atom stereocenters. The van der Waals surface area contributed by atoms with E-state index in [9.17, 15) is 0 Å². The van der Waals surface area contributed by atoms with Gasteiger partial charge in [0.25, 0.3) is 0 Å². The smallest absolute Gasteiger partial charge is 0.0487 e. The molecule has 0 saturated carbocycles. The lowest BCUT2D eigenvalue weighted by Crippen LogP contribution is -2.07. The lowest BCUT2D eigenvalue weighted by molar-refractivity contribution is 0.161. The highest BCUT2D eigenvalue weighted by molar-refractivity contribution is 6.39. The molecule has 0 fully saturated rings. The van der Waals surface area contributed by atoms with E-state index in [1.54, 1.807) is 12.1 Å². The third-order valence-corrected chi connectivity index (χ3v) is 2.25. The Kier molecular flexibility index (Phi) is 3.62. The van der Waals surface area contributed by atoms with Crippen molar-refractivity contribution in [3.8, 4) is 0 Å². The van der Waals surface area contributed by atoms with Gasteiger partial charge in [-0.25, -0.2) is 5.48 Å². The molecule has 12 heavy (non-hydrogen) atoms. The largest absolute Gasteiger partial charge is 0.316 e. The van der Waals surface area contributed by atoms with Gasteiger partial charge in [-0.2, -0.15) is 0 Å². The minimum atomic E-state index is 0.203. The molecule has 1 rings (SSSR count). The molecule has 5 heteroatoms. The van der Waals surface area contributed by atoms with Crippen molar-refractivity contribution >= 4 is 34.8 Å². The molecular formula is C7H6Cl3NO. The van der Waals surface area contributed by atoms with E-state index >= 15 is 0 Å². The molecule has 0 radical (unpaired) electrons. The van der Waals surface area contributed by atoms with Crippen molar-refractivity contribution in [2.24, 2.45) is 0 Å². The first kappa shape index (κ1) is 10.1. The molecule has 0 aliphatic carbocycles. The Balaban J connectivity index is 3.10. The summed E-state index contributed by atoms with van der Waals surface area (Å²) < 4.78 is 0. The number of rotatable bonds is 2. The number of hydroxylamine groups is 1. The summed E-state index contributed by atoms with van der Waals surface area (Å²) in [5.41, 5.74) is 2.60. The first-order valence-corrected chi connectivity index (χ1v) is 4.29. The summed E-state index contributed by atoms with van der Waals surface area (Å²) in [4.78, 5) is 0. The van der Waals surface area contributed by atoms with E-state index in [4.69, 9.17) is 40.0 Å². The maximum absolute atomic E-state index is 8.44. The number of nitrogens with one attached hydrogen (secondary N) is 1.